The van der Waals surface area contributed by atoms with E-state index in [0.717, 1.165) is 30.9 Å². The predicted octanol–water partition coefficient (Wildman–Crippen LogP) is 3.04. The Morgan fingerprint density at radius 3 is 2.79 bits per heavy atom. The summed E-state index contributed by atoms with van der Waals surface area (Å²) in [6.45, 7) is 1.01. The van der Waals surface area contributed by atoms with Gasteiger partial charge in [-0.05, 0) is 55.0 Å². The van der Waals surface area contributed by atoms with E-state index in [-0.39, 0.29) is 0 Å². The zero-order valence-electron chi connectivity index (χ0n) is 11.5. The van der Waals surface area contributed by atoms with E-state index in [0.29, 0.717) is 12.0 Å². The molecule has 0 aromatic heterocycles. The molecule has 1 aliphatic heterocycles. The maximum absolute atomic E-state index is 6.37. The van der Waals surface area contributed by atoms with Crippen LogP contribution in [0.5, 0.6) is 11.5 Å². The Labute approximate surface area is 119 Å². The van der Waals surface area contributed by atoms with Crippen molar-refractivity contribution in [2.45, 2.75) is 31.7 Å². The third kappa shape index (κ3) is 2.19. The number of fused-ring (bicyclic) bond motifs is 2. The first-order valence-corrected chi connectivity index (χ1v) is 7.23. The van der Waals surface area contributed by atoms with Crippen molar-refractivity contribution in [1.29, 1.82) is 0 Å². The fraction of sp³-hybridized carbons (Fsp3) is 0.600. The molecular formula is C15H20ClNO2. The smallest absolute Gasteiger partial charge is 0.164 e. The highest BCUT2D eigenvalue weighted by atomic mass is 35.5. The van der Waals surface area contributed by atoms with Gasteiger partial charge in [0.2, 0.25) is 0 Å². The number of hydrogen-bond donors (Lipinski definition) is 0. The Kier molecular flexibility index (Phi) is 3.59. The van der Waals surface area contributed by atoms with Gasteiger partial charge in [-0.2, -0.15) is 0 Å². The summed E-state index contributed by atoms with van der Waals surface area (Å²) in [6, 6.07) is 4.63. The summed E-state index contributed by atoms with van der Waals surface area (Å²) in [4.78, 5) is 0. The van der Waals surface area contributed by atoms with Gasteiger partial charge in [0.05, 0.1) is 14.2 Å². The molecule has 2 aliphatic rings. The Morgan fingerprint density at radius 2 is 2.05 bits per heavy atom. The second-order valence-corrected chi connectivity index (χ2v) is 5.87. The van der Waals surface area contributed by atoms with Crippen molar-refractivity contribution in [1.82, 2.24) is 4.42 Å². The van der Waals surface area contributed by atoms with Crippen molar-refractivity contribution in [3.05, 3.63) is 23.3 Å². The molecular weight excluding hydrogens is 262 g/mol. The highest BCUT2D eigenvalue weighted by Gasteiger charge is 2.36. The number of ether oxygens (including phenoxy) is 2. The van der Waals surface area contributed by atoms with Gasteiger partial charge < -0.3 is 9.47 Å². The zero-order valence-corrected chi connectivity index (χ0v) is 12.2. The van der Waals surface area contributed by atoms with Crippen molar-refractivity contribution < 1.29 is 9.47 Å². The topological polar surface area (TPSA) is 21.7 Å². The van der Waals surface area contributed by atoms with Gasteiger partial charge in [-0.3, -0.25) is 0 Å². The molecule has 3 nitrogen and oxygen atoms in total. The first kappa shape index (κ1) is 13.1. The maximum atomic E-state index is 6.37. The molecule has 1 aromatic carbocycles. The van der Waals surface area contributed by atoms with E-state index in [1.54, 1.807) is 14.2 Å². The van der Waals surface area contributed by atoms with Crippen LogP contribution in [0.4, 0.5) is 0 Å². The number of benzene rings is 1. The van der Waals surface area contributed by atoms with E-state index in [1.165, 1.54) is 24.0 Å². The Morgan fingerprint density at radius 1 is 1.21 bits per heavy atom. The summed E-state index contributed by atoms with van der Waals surface area (Å²) >= 11 is 6.37. The molecule has 0 N–H and O–H groups in total. The SMILES string of the molecule is COc1ccc2c(c1OC)CC1CCCN(Cl)C1C2. The lowest BCUT2D eigenvalue weighted by molar-refractivity contribution is 0.167. The van der Waals surface area contributed by atoms with Crippen LogP contribution >= 0.6 is 11.8 Å². The molecule has 1 heterocycles. The summed E-state index contributed by atoms with van der Waals surface area (Å²) in [6.07, 6.45) is 4.51. The minimum Gasteiger partial charge on any atom is -0.493 e. The summed E-state index contributed by atoms with van der Waals surface area (Å²) in [7, 11) is 3.41. The number of nitrogens with zero attached hydrogens (tertiary/aromatic N) is 1. The van der Waals surface area contributed by atoms with E-state index < -0.39 is 0 Å². The molecule has 19 heavy (non-hydrogen) atoms. The average molecular weight is 282 g/mol. The quantitative estimate of drug-likeness (QED) is 0.778. The monoisotopic (exact) mass is 281 g/mol. The molecule has 1 aliphatic carbocycles. The van der Waals surface area contributed by atoms with Crippen molar-refractivity contribution >= 4 is 11.8 Å². The molecule has 104 valence electrons. The summed E-state index contributed by atoms with van der Waals surface area (Å²) in [5.74, 6) is 2.38. The third-order valence-electron chi connectivity index (χ3n) is 4.49. The first-order valence-electron chi connectivity index (χ1n) is 6.89. The van der Waals surface area contributed by atoms with Crippen molar-refractivity contribution in [2.75, 3.05) is 20.8 Å². The van der Waals surface area contributed by atoms with Gasteiger partial charge in [-0.25, -0.2) is 4.42 Å². The Bertz CT molecular complexity index is 477. The minimum absolute atomic E-state index is 0.473. The van der Waals surface area contributed by atoms with E-state index in [2.05, 4.69) is 6.07 Å². The van der Waals surface area contributed by atoms with Crippen molar-refractivity contribution in [3.63, 3.8) is 0 Å². The second kappa shape index (κ2) is 5.22. The van der Waals surface area contributed by atoms with Gasteiger partial charge in [0.1, 0.15) is 0 Å². The lowest BCUT2D eigenvalue weighted by atomic mass is 9.76. The van der Waals surface area contributed by atoms with Gasteiger partial charge in [0.25, 0.3) is 0 Å². The highest BCUT2D eigenvalue weighted by molar-refractivity contribution is 6.13. The van der Waals surface area contributed by atoms with Crippen LogP contribution in [0.2, 0.25) is 0 Å². The molecule has 3 rings (SSSR count). The van der Waals surface area contributed by atoms with Crippen LogP contribution in [0, 0.1) is 5.92 Å². The molecule has 1 saturated heterocycles. The lowest BCUT2D eigenvalue weighted by Gasteiger charge is -2.41. The standard InChI is InChI=1S/C15H20ClNO2/c1-18-14-6-5-10-9-13-11(4-3-7-17(13)16)8-12(10)15(14)19-2/h5-6,11,13H,3-4,7-9H2,1-2H3. The summed E-state index contributed by atoms with van der Waals surface area (Å²) < 4.78 is 13.0. The third-order valence-corrected chi connectivity index (χ3v) is 4.91. The van der Waals surface area contributed by atoms with E-state index >= 15 is 0 Å². The Balaban J connectivity index is 1.99. The number of rotatable bonds is 2. The minimum atomic E-state index is 0.473. The first-order chi connectivity index (χ1) is 9.24. The van der Waals surface area contributed by atoms with Gasteiger partial charge in [-0.15, -0.1) is 0 Å². The maximum Gasteiger partial charge on any atom is 0.164 e. The number of hydrogen-bond acceptors (Lipinski definition) is 3. The van der Waals surface area contributed by atoms with Crippen LogP contribution in [0.1, 0.15) is 24.0 Å². The van der Waals surface area contributed by atoms with Crippen LogP contribution in [-0.4, -0.2) is 31.2 Å². The number of methoxy groups -OCH3 is 2. The van der Waals surface area contributed by atoms with Crippen LogP contribution < -0.4 is 9.47 Å². The summed E-state index contributed by atoms with van der Waals surface area (Å²) in [5, 5.41) is 0. The van der Waals surface area contributed by atoms with E-state index in [9.17, 15) is 0 Å². The normalized spacial score (nSPS) is 26.5. The van der Waals surface area contributed by atoms with Crippen LogP contribution in [0.3, 0.4) is 0 Å². The largest absolute Gasteiger partial charge is 0.493 e. The fourth-order valence-electron chi connectivity index (χ4n) is 3.53. The van der Waals surface area contributed by atoms with Gasteiger partial charge >= 0.3 is 0 Å². The summed E-state index contributed by atoms with van der Waals surface area (Å²) in [5.41, 5.74) is 2.67. The fourth-order valence-corrected chi connectivity index (χ4v) is 3.88. The molecule has 0 bridgehead atoms. The van der Waals surface area contributed by atoms with E-state index in [1.807, 2.05) is 10.5 Å². The van der Waals surface area contributed by atoms with Crippen LogP contribution in [-0.2, 0) is 12.8 Å². The molecule has 2 atom stereocenters. The molecule has 0 spiro atoms. The van der Waals surface area contributed by atoms with Gasteiger partial charge in [0.15, 0.2) is 11.5 Å². The molecule has 0 radical (unpaired) electrons. The molecule has 0 saturated carbocycles. The van der Waals surface area contributed by atoms with Gasteiger partial charge in [-0.1, -0.05) is 6.07 Å². The average Bonchev–Trinajstić information content (AvgIpc) is 2.44. The molecule has 4 heteroatoms. The molecule has 0 amide bonds. The highest BCUT2D eigenvalue weighted by Crippen LogP contribution is 2.42. The number of piperidine rings is 1. The van der Waals surface area contributed by atoms with Crippen molar-refractivity contribution in [3.8, 4) is 11.5 Å². The lowest BCUT2D eigenvalue weighted by Crippen LogP contribution is -2.44. The second-order valence-electron chi connectivity index (χ2n) is 5.44. The van der Waals surface area contributed by atoms with E-state index in [4.69, 9.17) is 21.3 Å². The van der Waals surface area contributed by atoms with Crippen molar-refractivity contribution in [2.24, 2.45) is 5.92 Å². The van der Waals surface area contributed by atoms with Crippen LogP contribution in [0.15, 0.2) is 12.1 Å². The van der Waals surface area contributed by atoms with Crippen LogP contribution in [0.25, 0.3) is 0 Å². The molecule has 1 fully saturated rings. The van der Waals surface area contributed by atoms with Gasteiger partial charge in [0, 0.05) is 18.2 Å². The number of halogens is 1. The zero-order chi connectivity index (χ0) is 13.4. The molecule has 2 unspecified atom stereocenters. The molecule has 1 aromatic rings. The predicted molar refractivity (Wildman–Crippen MR) is 76.0 cm³/mol. The Hall–Kier alpha value is -0.930.